The lowest BCUT2D eigenvalue weighted by molar-refractivity contribution is 0.733. The van der Waals surface area contributed by atoms with Crippen LogP contribution in [0.25, 0.3) is 10.9 Å². The number of hydrogen-bond acceptors (Lipinski definition) is 4. The molecule has 1 heterocycles. The summed E-state index contributed by atoms with van der Waals surface area (Å²) in [5.41, 5.74) is 4.50. The molecule has 0 bridgehead atoms. The number of hydrogen-bond donors (Lipinski definition) is 1. The summed E-state index contributed by atoms with van der Waals surface area (Å²) in [6.07, 6.45) is 1.03. The van der Waals surface area contributed by atoms with Gasteiger partial charge in [0.15, 0.2) is 0 Å². The maximum absolute atomic E-state index is 12.2. The summed E-state index contributed by atoms with van der Waals surface area (Å²) in [4.78, 5) is 16.7. The molecule has 5 heteroatoms. The number of para-hydroxylation sites is 1. The second kappa shape index (κ2) is 5.86. The van der Waals surface area contributed by atoms with Crippen LogP contribution in [0, 0.1) is 5.92 Å². The molecule has 1 aromatic heterocycles. The summed E-state index contributed by atoms with van der Waals surface area (Å²) in [6.45, 7) is 6.21. The van der Waals surface area contributed by atoms with Gasteiger partial charge < -0.3 is 0 Å². The highest BCUT2D eigenvalue weighted by atomic mass is 16.1. The van der Waals surface area contributed by atoms with Gasteiger partial charge in [-0.05, 0) is 31.4 Å². The molecule has 1 atom stereocenters. The molecule has 106 valence electrons. The SMILES string of the molecule is CCC(C)/C(C)=N/Nc1nc2ccccc2c(=O)n1C. The number of aromatic nitrogens is 2. The van der Waals surface area contributed by atoms with Gasteiger partial charge in [-0.1, -0.05) is 26.0 Å². The topological polar surface area (TPSA) is 59.3 Å². The summed E-state index contributed by atoms with van der Waals surface area (Å²) < 4.78 is 1.48. The van der Waals surface area contributed by atoms with Gasteiger partial charge in [0.05, 0.1) is 10.9 Å². The summed E-state index contributed by atoms with van der Waals surface area (Å²) in [5, 5.41) is 4.93. The van der Waals surface area contributed by atoms with Crippen molar-refractivity contribution in [2.75, 3.05) is 5.43 Å². The predicted molar refractivity (Wildman–Crippen MR) is 83.2 cm³/mol. The van der Waals surface area contributed by atoms with Crippen molar-refractivity contribution in [3.63, 3.8) is 0 Å². The largest absolute Gasteiger partial charge is 0.280 e. The Morgan fingerprint density at radius 1 is 1.45 bits per heavy atom. The summed E-state index contributed by atoms with van der Waals surface area (Å²) >= 11 is 0. The van der Waals surface area contributed by atoms with Gasteiger partial charge in [-0.2, -0.15) is 5.10 Å². The molecule has 20 heavy (non-hydrogen) atoms. The minimum atomic E-state index is -0.0745. The van der Waals surface area contributed by atoms with Crippen LogP contribution in [-0.2, 0) is 7.05 Å². The Labute approximate surface area is 118 Å². The second-order valence-corrected chi connectivity index (χ2v) is 4.99. The van der Waals surface area contributed by atoms with E-state index in [0.717, 1.165) is 12.1 Å². The lowest BCUT2D eigenvalue weighted by Gasteiger charge is -2.11. The average Bonchev–Trinajstić information content (AvgIpc) is 2.48. The van der Waals surface area contributed by atoms with Crippen LogP contribution in [0.5, 0.6) is 0 Å². The molecule has 0 radical (unpaired) electrons. The molecule has 0 saturated heterocycles. The van der Waals surface area contributed by atoms with Crippen molar-refractivity contribution < 1.29 is 0 Å². The lowest BCUT2D eigenvalue weighted by atomic mass is 10.1. The molecule has 0 fully saturated rings. The fraction of sp³-hybridized carbons (Fsp3) is 0.400. The van der Waals surface area contributed by atoms with Crippen LogP contribution < -0.4 is 11.0 Å². The minimum absolute atomic E-state index is 0.0745. The fourth-order valence-electron chi connectivity index (χ4n) is 1.86. The molecular formula is C15H20N4O. The fourth-order valence-corrected chi connectivity index (χ4v) is 1.86. The lowest BCUT2D eigenvalue weighted by Crippen LogP contribution is -2.21. The first kappa shape index (κ1) is 14.2. The van der Waals surface area contributed by atoms with E-state index in [4.69, 9.17) is 0 Å². The summed E-state index contributed by atoms with van der Waals surface area (Å²) in [5.74, 6) is 0.858. The van der Waals surface area contributed by atoms with Gasteiger partial charge in [-0.3, -0.25) is 9.36 Å². The highest BCUT2D eigenvalue weighted by Crippen LogP contribution is 2.10. The van der Waals surface area contributed by atoms with Gasteiger partial charge >= 0.3 is 0 Å². The molecular weight excluding hydrogens is 252 g/mol. The minimum Gasteiger partial charge on any atom is -0.280 e. The molecule has 2 rings (SSSR count). The zero-order chi connectivity index (χ0) is 14.7. The number of anilines is 1. The maximum atomic E-state index is 12.2. The molecule has 0 spiro atoms. The van der Waals surface area contributed by atoms with E-state index in [9.17, 15) is 4.79 Å². The monoisotopic (exact) mass is 272 g/mol. The van der Waals surface area contributed by atoms with Gasteiger partial charge in [-0.25, -0.2) is 10.4 Å². The Balaban J connectivity index is 2.41. The third-order valence-corrected chi connectivity index (χ3v) is 3.64. The standard InChI is InChI=1S/C15H20N4O/c1-5-10(2)11(3)17-18-15-16-13-9-7-6-8-12(13)14(20)19(15)4/h6-10H,5H2,1-4H3,(H,16,18)/b17-11+. The summed E-state index contributed by atoms with van der Waals surface area (Å²) in [6, 6.07) is 7.31. The Morgan fingerprint density at radius 2 is 2.15 bits per heavy atom. The van der Waals surface area contributed by atoms with E-state index in [0.29, 0.717) is 22.8 Å². The van der Waals surface area contributed by atoms with E-state index in [-0.39, 0.29) is 5.56 Å². The number of benzene rings is 1. The number of nitrogens with one attached hydrogen (secondary N) is 1. The Bertz CT molecular complexity index is 703. The van der Waals surface area contributed by atoms with E-state index < -0.39 is 0 Å². The normalized spacial score (nSPS) is 13.5. The number of nitrogens with zero attached hydrogens (tertiary/aromatic N) is 3. The summed E-state index contributed by atoms with van der Waals surface area (Å²) in [7, 11) is 1.69. The quantitative estimate of drug-likeness (QED) is 0.687. The molecule has 5 nitrogen and oxygen atoms in total. The van der Waals surface area contributed by atoms with Crippen LogP contribution in [0.2, 0.25) is 0 Å². The van der Waals surface area contributed by atoms with Gasteiger partial charge in [0.25, 0.3) is 5.56 Å². The van der Waals surface area contributed by atoms with Crippen LogP contribution in [0.4, 0.5) is 5.95 Å². The van der Waals surface area contributed by atoms with E-state index in [2.05, 4.69) is 29.4 Å². The zero-order valence-corrected chi connectivity index (χ0v) is 12.3. The van der Waals surface area contributed by atoms with Gasteiger partial charge in [0, 0.05) is 12.8 Å². The maximum Gasteiger partial charge on any atom is 0.262 e. The van der Waals surface area contributed by atoms with Crippen LogP contribution in [0.15, 0.2) is 34.2 Å². The van der Waals surface area contributed by atoms with Crippen LogP contribution >= 0.6 is 0 Å². The Hall–Kier alpha value is -2.17. The smallest absolute Gasteiger partial charge is 0.262 e. The Morgan fingerprint density at radius 3 is 2.85 bits per heavy atom. The van der Waals surface area contributed by atoms with E-state index in [1.807, 2.05) is 25.1 Å². The van der Waals surface area contributed by atoms with E-state index >= 15 is 0 Å². The van der Waals surface area contributed by atoms with Crippen LogP contribution in [0.1, 0.15) is 27.2 Å². The Kier molecular flexibility index (Phi) is 4.17. The second-order valence-electron chi connectivity index (χ2n) is 4.99. The third-order valence-electron chi connectivity index (χ3n) is 3.64. The number of fused-ring (bicyclic) bond motifs is 1. The van der Waals surface area contributed by atoms with Crippen LogP contribution in [-0.4, -0.2) is 15.3 Å². The first-order valence-electron chi connectivity index (χ1n) is 6.80. The average molecular weight is 272 g/mol. The first-order chi connectivity index (χ1) is 9.54. The van der Waals surface area contributed by atoms with Gasteiger partial charge in [0.1, 0.15) is 0 Å². The van der Waals surface area contributed by atoms with Crippen molar-refractivity contribution in [3.05, 3.63) is 34.6 Å². The van der Waals surface area contributed by atoms with Crippen molar-refractivity contribution in [2.24, 2.45) is 18.1 Å². The van der Waals surface area contributed by atoms with Crippen molar-refractivity contribution in [1.82, 2.24) is 9.55 Å². The van der Waals surface area contributed by atoms with Crippen molar-refractivity contribution in [3.8, 4) is 0 Å². The third kappa shape index (κ3) is 2.71. The van der Waals surface area contributed by atoms with Crippen molar-refractivity contribution in [1.29, 1.82) is 0 Å². The van der Waals surface area contributed by atoms with Crippen LogP contribution in [0.3, 0.4) is 0 Å². The highest BCUT2D eigenvalue weighted by molar-refractivity contribution is 5.84. The van der Waals surface area contributed by atoms with E-state index in [1.165, 1.54) is 4.57 Å². The number of rotatable bonds is 4. The van der Waals surface area contributed by atoms with Gasteiger partial charge in [0.2, 0.25) is 5.95 Å². The van der Waals surface area contributed by atoms with Crippen molar-refractivity contribution >= 4 is 22.6 Å². The molecule has 0 amide bonds. The molecule has 2 aromatic rings. The molecule has 0 aliphatic heterocycles. The first-order valence-corrected chi connectivity index (χ1v) is 6.80. The molecule has 0 aliphatic carbocycles. The molecule has 0 aliphatic rings. The predicted octanol–water partition coefficient (Wildman–Crippen LogP) is 2.77. The zero-order valence-electron chi connectivity index (χ0n) is 12.3. The van der Waals surface area contributed by atoms with Gasteiger partial charge in [-0.15, -0.1) is 0 Å². The highest BCUT2D eigenvalue weighted by Gasteiger charge is 2.08. The molecule has 1 aromatic carbocycles. The molecule has 0 saturated carbocycles. The van der Waals surface area contributed by atoms with Crippen molar-refractivity contribution in [2.45, 2.75) is 27.2 Å². The number of hydrazone groups is 1. The van der Waals surface area contributed by atoms with E-state index in [1.54, 1.807) is 13.1 Å². The molecule has 1 N–H and O–H groups in total. The molecule has 1 unspecified atom stereocenters.